The van der Waals surface area contributed by atoms with E-state index >= 15 is 0 Å². The van der Waals surface area contributed by atoms with Crippen LogP contribution in [-0.2, 0) is 9.53 Å². The second-order valence-electron chi connectivity index (χ2n) is 8.64. The lowest BCUT2D eigenvalue weighted by Gasteiger charge is -2.26. The summed E-state index contributed by atoms with van der Waals surface area (Å²) in [6, 6.07) is 6.48. The van der Waals surface area contributed by atoms with Crippen LogP contribution in [0.25, 0.3) is 0 Å². The van der Waals surface area contributed by atoms with E-state index in [9.17, 15) is 14.3 Å². The number of aromatic nitrogens is 1. The molecule has 0 aliphatic carbocycles. The molecule has 1 aliphatic rings. The van der Waals surface area contributed by atoms with Crippen LogP contribution in [0.5, 0.6) is 5.75 Å². The third-order valence-electron chi connectivity index (χ3n) is 6.37. The van der Waals surface area contributed by atoms with E-state index in [0.29, 0.717) is 29.1 Å². The molecule has 31 heavy (non-hydrogen) atoms. The molecule has 0 spiro atoms. The van der Waals surface area contributed by atoms with Crippen molar-refractivity contribution in [3.8, 4) is 5.75 Å². The smallest absolute Gasteiger partial charge is 0.254 e. The number of anilines is 1. The molecule has 1 aliphatic heterocycles. The molecular formula is C24H31FN2O4. The number of pyridine rings is 1. The molecule has 0 saturated carbocycles. The number of hydrogen-bond donors (Lipinski definition) is 2. The lowest BCUT2D eigenvalue weighted by atomic mass is 9.77. The Balaban J connectivity index is 1.91. The Hall–Kier alpha value is -2.51. The predicted octanol–water partition coefficient (Wildman–Crippen LogP) is 4.52. The minimum absolute atomic E-state index is 0.0257. The second kappa shape index (κ2) is 8.93. The summed E-state index contributed by atoms with van der Waals surface area (Å²) in [5.74, 6) is -0.568. The normalized spacial score (nSPS) is 23.4. The van der Waals surface area contributed by atoms with Crippen molar-refractivity contribution in [1.29, 1.82) is 0 Å². The monoisotopic (exact) mass is 430 g/mol. The largest absolute Gasteiger partial charge is 0.496 e. The average Bonchev–Trinajstić information content (AvgIpc) is 2.99. The van der Waals surface area contributed by atoms with Crippen LogP contribution in [0.3, 0.4) is 0 Å². The van der Waals surface area contributed by atoms with Gasteiger partial charge in [-0.05, 0) is 51.3 Å². The highest BCUT2D eigenvalue weighted by Gasteiger charge is 2.51. The van der Waals surface area contributed by atoms with Gasteiger partial charge >= 0.3 is 0 Å². The van der Waals surface area contributed by atoms with Gasteiger partial charge < -0.3 is 19.9 Å². The van der Waals surface area contributed by atoms with Crippen molar-refractivity contribution in [2.45, 2.75) is 64.8 Å². The molecule has 7 heteroatoms. The van der Waals surface area contributed by atoms with Crippen LogP contribution in [0, 0.1) is 18.7 Å². The standard InChI is InChI=1S/C24H31FN2O4/c1-7-19(28)18-11-8-15(12-26-18)27-23(29)22-20(14(3)24(4,5)31-22)16-9-10-17(25)13(2)21(16)30-6/h8-12,14,19-20,22,28H,7H2,1-6H3,(H,27,29)/t14-,19-,20-,22+/m0/s1. The number of rotatable bonds is 6. The molecule has 2 N–H and O–H groups in total. The summed E-state index contributed by atoms with van der Waals surface area (Å²) in [6.07, 6.45) is 0.655. The van der Waals surface area contributed by atoms with Gasteiger partial charge in [0.25, 0.3) is 5.91 Å². The number of nitrogens with one attached hydrogen (secondary N) is 1. The summed E-state index contributed by atoms with van der Waals surface area (Å²) >= 11 is 0. The molecule has 2 aromatic rings. The van der Waals surface area contributed by atoms with Crippen molar-refractivity contribution in [3.63, 3.8) is 0 Å². The van der Waals surface area contributed by atoms with Gasteiger partial charge in [-0.2, -0.15) is 0 Å². The number of benzene rings is 1. The van der Waals surface area contributed by atoms with Gasteiger partial charge in [0, 0.05) is 17.0 Å². The van der Waals surface area contributed by atoms with Crippen LogP contribution in [0.1, 0.15) is 63.0 Å². The molecule has 3 rings (SSSR count). The summed E-state index contributed by atoms with van der Waals surface area (Å²) in [6.45, 7) is 9.45. The van der Waals surface area contributed by atoms with Crippen molar-refractivity contribution in [1.82, 2.24) is 4.98 Å². The van der Waals surface area contributed by atoms with Gasteiger partial charge in [0.2, 0.25) is 0 Å². The van der Waals surface area contributed by atoms with Crippen molar-refractivity contribution in [2.75, 3.05) is 12.4 Å². The lowest BCUT2D eigenvalue weighted by Crippen LogP contribution is -2.33. The minimum Gasteiger partial charge on any atom is -0.496 e. The maximum atomic E-state index is 14.1. The first-order valence-electron chi connectivity index (χ1n) is 10.6. The Morgan fingerprint density at radius 3 is 2.65 bits per heavy atom. The van der Waals surface area contributed by atoms with E-state index in [1.54, 1.807) is 25.1 Å². The summed E-state index contributed by atoms with van der Waals surface area (Å²) in [4.78, 5) is 17.5. The van der Waals surface area contributed by atoms with Gasteiger partial charge in [-0.3, -0.25) is 9.78 Å². The third-order valence-corrected chi connectivity index (χ3v) is 6.37. The lowest BCUT2D eigenvalue weighted by molar-refractivity contribution is -0.131. The number of aliphatic hydroxyl groups excluding tert-OH is 1. The zero-order chi connectivity index (χ0) is 22.9. The van der Waals surface area contributed by atoms with Gasteiger partial charge in [0.05, 0.1) is 36.4 Å². The summed E-state index contributed by atoms with van der Waals surface area (Å²) in [5.41, 5.74) is 1.66. The number of nitrogens with zero attached hydrogens (tertiary/aromatic N) is 1. The first kappa shape index (κ1) is 23.2. The van der Waals surface area contributed by atoms with E-state index in [1.165, 1.54) is 19.4 Å². The fourth-order valence-corrected chi connectivity index (χ4v) is 4.17. The molecule has 1 amide bonds. The molecule has 0 unspecified atom stereocenters. The summed E-state index contributed by atoms with van der Waals surface area (Å²) in [7, 11) is 1.50. The Morgan fingerprint density at radius 2 is 2.06 bits per heavy atom. The molecule has 1 aromatic heterocycles. The van der Waals surface area contributed by atoms with E-state index in [1.807, 2.05) is 27.7 Å². The van der Waals surface area contributed by atoms with Crippen molar-refractivity contribution < 1.29 is 23.8 Å². The van der Waals surface area contributed by atoms with Gasteiger partial charge in [-0.1, -0.05) is 19.9 Å². The average molecular weight is 431 g/mol. The number of ether oxygens (including phenoxy) is 2. The number of amides is 1. The first-order chi connectivity index (χ1) is 14.6. The Morgan fingerprint density at radius 1 is 1.35 bits per heavy atom. The van der Waals surface area contributed by atoms with Gasteiger partial charge in [0.15, 0.2) is 0 Å². The predicted molar refractivity (Wildman–Crippen MR) is 117 cm³/mol. The maximum Gasteiger partial charge on any atom is 0.254 e. The molecule has 2 heterocycles. The van der Waals surface area contributed by atoms with Crippen LogP contribution >= 0.6 is 0 Å². The van der Waals surface area contributed by atoms with Crippen molar-refractivity contribution in [3.05, 3.63) is 53.1 Å². The second-order valence-corrected chi connectivity index (χ2v) is 8.64. The Labute approximate surface area is 182 Å². The van der Waals surface area contributed by atoms with Crippen LogP contribution in [-0.4, -0.2) is 34.8 Å². The molecule has 168 valence electrons. The van der Waals surface area contributed by atoms with E-state index in [2.05, 4.69) is 10.3 Å². The number of hydrogen-bond acceptors (Lipinski definition) is 5. The third kappa shape index (κ3) is 4.43. The highest BCUT2D eigenvalue weighted by molar-refractivity contribution is 5.95. The molecule has 1 aromatic carbocycles. The highest BCUT2D eigenvalue weighted by Crippen LogP contribution is 2.49. The number of aliphatic hydroxyl groups is 1. The molecular weight excluding hydrogens is 399 g/mol. The minimum atomic E-state index is -0.787. The van der Waals surface area contributed by atoms with Crippen LogP contribution in [0.2, 0.25) is 0 Å². The topological polar surface area (TPSA) is 80.7 Å². The number of halogens is 1. The fourth-order valence-electron chi connectivity index (χ4n) is 4.17. The van der Waals surface area contributed by atoms with E-state index < -0.39 is 17.8 Å². The van der Waals surface area contributed by atoms with E-state index in [4.69, 9.17) is 9.47 Å². The molecule has 0 bridgehead atoms. The zero-order valence-electron chi connectivity index (χ0n) is 18.9. The van der Waals surface area contributed by atoms with Crippen LogP contribution < -0.4 is 10.1 Å². The van der Waals surface area contributed by atoms with E-state index in [-0.39, 0.29) is 23.6 Å². The Kier molecular flexibility index (Phi) is 6.67. The SMILES string of the molecule is CC[C@H](O)c1ccc(NC(=O)[C@@H]2OC(C)(C)[C@@H](C)[C@H]2c2ccc(F)c(C)c2OC)cn1. The summed E-state index contributed by atoms with van der Waals surface area (Å²) in [5, 5.41) is 12.8. The first-order valence-corrected chi connectivity index (χ1v) is 10.6. The molecule has 1 fully saturated rings. The molecule has 0 radical (unpaired) electrons. The van der Waals surface area contributed by atoms with Gasteiger partial charge in [-0.15, -0.1) is 0 Å². The van der Waals surface area contributed by atoms with Crippen molar-refractivity contribution >= 4 is 11.6 Å². The van der Waals surface area contributed by atoms with Crippen molar-refractivity contribution in [2.24, 2.45) is 5.92 Å². The van der Waals surface area contributed by atoms with Crippen LogP contribution in [0.15, 0.2) is 30.5 Å². The molecule has 6 nitrogen and oxygen atoms in total. The number of carbonyl (C=O) groups is 1. The maximum absolute atomic E-state index is 14.1. The summed E-state index contributed by atoms with van der Waals surface area (Å²) < 4.78 is 25.8. The van der Waals surface area contributed by atoms with Gasteiger partial charge in [-0.25, -0.2) is 4.39 Å². The Bertz CT molecular complexity index is 945. The van der Waals surface area contributed by atoms with E-state index in [0.717, 1.165) is 5.56 Å². The molecule has 1 saturated heterocycles. The quantitative estimate of drug-likeness (QED) is 0.704. The zero-order valence-corrected chi connectivity index (χ0v) is 18.9. The van der Waals surface area contributed by atoms with Crippen LogP contribution in [0.4, 0.5) is 10.1 Å². The molecule has 4 atom stereocenters. The highest BCUT2D eigenvalue weighted by atomic mass is 19.1. The number of carbonyl (C=O) groups excluding carboxylic acids is 1. The number of methoxy groups -OCH3 is 1. The van der Waals surface area contributed by atoms with Gasteiger partial charge in [0.1, 0.15) is 17.7 Å². The fraction of sp³-hybridized carbons (Fsp3) is 0.500.